The van der Waals surface area contributed by atoms with Crippen molar-refractivity contribution in [2.45, 2.75) is 31.8 Å². The molecule has 1 aromatic rings. The quantitative estimate of drug-likeness (QED) is 0.898. The van der Waals surface area contributed by atoms with Gasteiger partial charge in [-0.25, -0.2) is 0 Å². The number of piperidine rings is 1. The molecule has 0 bridgehead atoms. The Balaban J connectivity index is 1.82. The molecule has 1 N–H and O–H groups in total. The number of aryl methyl sites for hydroxylation is 1. The van der Waals surface area contributed by atoms with Gasteiger partial charge in [0.15, 0.2) is 0 Å². The highest BCUT2D eigenvalue weighted by Gasteiger charge is 2.20. The third-order valence-electron chi connectivity index (χ3n) is 3.58. The van der Waals surface area contributed by atoms with Gasteiger partial charge in [-0.05, 0) is 37.0 Å². The highest BCUT2D eigenvalue weighted by Crippen LogP contribution is 2.16. The van der Waals surface area contributed by atoms with Gasteiger partial charge in [0.25, 0.3) is 0 Å². The number of rotatable bonds is 4. The first-order chi connectivity index (χ1) is 9.19. The maximum Gasteiger partial charge on any atom is 0.222 e. The summed E-state index contributed by atoms with van der Waals surface area (Å²) in [5, 5.41) is 9.42. The average molecular weight is 263 g/mol. The van der Waals surface area contributed by atoms with Crippen molar-refractivity contribution in [2.75, 3.05) is 20.2 Å². The van der Waals surface area contributed by atoms with Crippen molar-refractivity contribution in [3.8, 4) is 5.75 Å². The number of hydrogen-bond acceptors (Lipinski definition) is 3. The number of benzene rings is 1. The number of hydrogen-bond donors (Lipinski definition) is 1. The fourth-order valence-corrected chi connectivity index (χ4v) is 2.35. The van der Waals surface area contributed by atoms with Crippen LogP contribution in [0.3, 0.4) is 0 Å². The van der Waals surface area contributed by atoms with E-state index in [0.29, 0.717) is 32.4 Å². The molecule has 0 saturated carbocycles. The van der Waals surface area contributed by atoms with Crippen LogP contribution in [0.15, 0.2) is 24.3 Å². The van der Waals surface area contributed by atoms with Gasteiger partial charge in [0, 0.05) is 19.5 Å². The summed E-state index contributed by atoms with van der Waals surface area (Å²) >= 11 is 0. The van der Waals surface area contributed by atoms with Gasteiger partial charge in [-0.15, -0.1) is 0 Å². The van der Waals surface area contributed by atoms with Crippen LogP contribution >= 0.6 is 0 Å². The van der Waals surface area contributed by atoms with Crippen molar-refractivity contribution in [1.82, 2.24) is 4.90 Å². The number of ether oxygens (including phenoxy) is 1. The number of carbonyl (C=O) groups excluding carboxylic acids is 1. The molecule has 1 aliphatic heterocycles. The van der Waals surface area contributed by atoms with Crippen LogP contribution in [0.5, 0.6) is 5.75 Å². The van der Waals surface area contributed by atoms with Gasteiger partial charge >= 0.3 is 0 Å². The molecule has 1 heterocycles. The Hall–Kier alpha value is -1.55. The standard InChI is InChI=1S/C15H21NO3/c1-19-14-4-2-3-12(11-14)5-6-15(18)16-9-7-13(17)8-10-16/h2-4,11,13,17H,5-10H2,1H3. The Kier molecular flexibility index (Phi) is 4.80. The smallest absolute Gasteiger partial charge is 0.222 e. The van der Waals surface area contributed by atoms with Gasteiger partial charge in [-0.2, -0.15) is 0 Å². The fourth-order valence-electron chi connectivity index (χ4n) is 2.35. The number of methoxy groups -OCH3 is 1. The van der Waals surface area contributed by atoms with Gasteiger partial charge in [0.2, 0.25) is 5.91 Å². The van der Waals surface area contributed by atoms with Crippen LogP contribution in [0.4, 0.5) is 0 Å². The molecule has 19 heavy (non-hydrogen) atoms. The van der Waals surface area contributed by atoms with Crippen molar-refractivity contribution < 1.29 is 14.6 Å². The monoisotopic (exact) mass is 263 g/mol. The van der Waals surface area contributed by atoms with Crippen molar-refractivity contribution in [3.63, 3.8) is 0 Å². The van der Waals surface area contributed by atoms with E-state index in [1.54, 1.807) is 7.11 Å². The molecular formula is C15H21NO3. The molecule has 0 unspecified atom stereocenters. The van der Waals surface area contributed by atoms with Gasteiger partial charge in [0.05, 0.1) is 13.2 Å². The zero-order chi connectivity index (χ0) is 13.7. The lowest BCUT2D eigenvalue weighted by molar-refractivity contribution is -0.133. The number of likely N-dealkylation sites (tertiary alicyclic amines) is 1. The first kappa shape index (κ1) is 13.9. The lowest BCUT2D eigenvalue weighted by Gasteiger charge is -2.29. The van der Waals surface area contributed by atoms with Crippen LogP contribution in [0.1, 0.15) is 24.8 Å². The Morgan fingerprint density at radius 3 is 2.84 bits per heavy atom. The largest absolute Gasteiger partial charge is 0.497 e. The van der Waals surface area contributed by atoms with Crippen molar-refractivity contribution in [3.05, 3.63) is 29.8 Å². The minimum atomic E-state index is -0.234. The molecule has 0 aliphatic carbocycles. The molecule has 104 valence electrons. The Labute approximate surface area is 114 Å². The molecular weight excluding hydrogens is 242 g/mol. The van der Waals surface area contributed by atoms with Crippen LogP contribution in [0, 0.1) is 0 Å². The number of nitrogens with zero attached hydrogens (tertiary/aromatic N) is 1. The minimum absolute atomic E-state index is 0.176. The molecule has 0 atom stereocenters. The maximum absolute atomic E-state index is 12.0. The van der Waals surface area contributed by atoms with E-state index in [-0.39, 0.29) is 12.0 Å². The summed E-state index contributed by atoms with van der Waals surface area (Å²) in [5.74, 6) is 1.00. The SMILES string of the molecule is COc1cccc(CCC(=O)N2CCC(O)CC2)c1. The minimum Gasteiger partial charge on any atom is -0.497 e. The van der Waals surface area contributed by atoms with Crippen molar-refractivity contribution >= 4 is 5.91 Å². The number of aliphatic hydroxyl groups is 1. The third kappa shape index (κ3) is 3.96. The van der Waals surface area contributed by atoms with E-state index in [4.69, 9.17) is 4.74 Å². The predicted octanol–water partition coefficient (Wildman–Crippen LogP) is 1.61. The molecule has 2 rings (SSSR count). The molecule has 0 spiro atoms. The van der Waals surface area contributed by atoms with Crippen LogP contribution < -0.4 is 4.74 Å². The summed E-state index contributed by atoms with van der Waals surface area (Å²) in [6.45, 7) is 1.36. The summed E-state index contributed by atoms with van der Waals surface area (Å²) in [6.07, 6.45) is 2.41. The van der Waals surface area contributed by atoms with Crippen molar-refractivity contribution in [2.24, 2.45) is 0 Å². The number of aliphatic hydroxyl groups excluding tert-OH is 1. The molecule has 1 aromatic carbocycles. The lowest BCUT2D eigenvalue weighted by Crippen LogP contribution is -2.40. The molecule has 0 aromatic heterocycles. The highest BCUT2D eigenvalue weighted by atomic mass is 16.5. The van der Waals surface area contributed by atoms with E-state index in [0.717, 1.165) is 17.7 Å². The van der Waals surface area contributed by atoms with Crippen molar-refractivity contribution in [1.29, 1.82) is 0 Å². The zero-order valence-corrected chi connectivity index (χ0v) is 11.3. The van der Waals surface area contributed by atoms with Gasteiger partial charge in [-0.3, -0.25) is 4.79 Å². The van der Waals surface area contributed by atoms with Crippen LogP contribution in [-0.4, -0.2) is 42.2 Å². The van der Waals surface area contributed by atoms with E-state index >= 15 is 0 Å². The normalized spacial score (nSPS) is 16.4. The van der Waals surface area contributed by atoms with Crippen LogP contribution in [0.2, 0.25) is 0 Å². The van der Waals surface area contributed by atoms with Gasteiger partial charge < -0.3 is 14.7 Å². The first-order valence-corrected chi connectivity index (χ1v) is 6.78. The van der Waals surface area contributed by atoms with E-state index in [9.17, 15) is 9.90 Å². The zero-order valence-electron chi connectivity index (χ0n) is 11.3. The fraction of sp³-hybridized carbons (Fsp3) is 0.533. The van der Waals surface area contributed by atoms with Gasteiger partial charge in [0.1, 0.15) is 5.75 Å². The summed E-state index contributed by atoms with van der Waals surface area (Å²) < 4.78 is 5.17. The van der Waals surface area contributed by atoms with E-state index < -0.39 is 0 Å². The summed E-state index contributed by atoms with van der Waals surface area (Å²) in [4.78, 5) is 13.9. The second-order valence-electron chi connectivity index (χ2n) is 4.96. The van der Waals surface area contributed by atoms with E-state index in [2.05, 4.69) is 0 Å². The first-order valence-electron chi connectivity index (χ1n) is 6.78. The Bertz CT molecular complexity index is 425. The Morgan fingerprint density at radius 2 is 2.16 bits per heavy atom. The third-order valence-corrected chi connectivity index (χ3v) is 3.58. The molecule has 1 fully saturated rings. The molecule has 4 heteroatoms. The highest BCUT2D eigenvalue weighted by molar-refractivity contribution is 5.76. The second kappa shape index (κ2) is 6.57. The second-order valence-corrected chi connectivity index (χ2v) is 4.96. The molecule has 1 amide bonds. The maximum atomic E-state index is 12.0. The number of amides is 1. The molecule has 1 saturated heterocycles. The topological polar surface area (TPSA) is 49.8 Å². The summed E-state index contributed by atoms with van der Waals surface area (Å²) in [6, 6.07) is 7.82. The predicted molar refractivity (Wildman–Crippen MR) is 73.1 cm³/mol. The van der Waals surface area contributed by atoms with Gasteiger partial charge in [-0.1, -0.05) is 12.1 Å². The van der Waals surface area contributed by atoms with E-state index in [1.165, 1.54) is 0 Å². The van der Waals surface area contributed by atoms with Crippen LogP contribution in [-0.2, 0) is 11.2 Å². The lowest BCUT2D eigenvalue weighted by atomic mass is 10.1. The number of carbonyl (C=O) groups is 1. The summed E-state index contributed by atoms with van der Waals surface area (Å²) in [5.41, 5.74) is 1.12. The van der Waals surface area contributed by atoms with E-state index in [1.807, 2.05) is 29.2 Å². The Morgan fingerprint density at radius 1 is 1.42 bits per heavy atom. The summed E-state index contributed by atoms with van der Waals surface area (Å²) in [7, 11) is 1.64. The molecule has 4 nitrogen and oxygen atoms in total. The molecule has 0 radical (unpaired) electrons. The van der Waals surface area contributed by atoms with Crippen LogP contribution in [0.25, 0.3) is 0 Å². The molecule has 1 aliphatic rings. The average Bonchev–Trinajstić information content (AvgIpc) is 2.46.